The van der Waals surface area contributed by atoms with Crippen LogP contribution in [0.5, 0.6) is 23.0 Å². The summed E-state index contributed by atoms with van der Waals surface area (Å²) in [5.41, 5.74) is 0.442. The van der Waals surface area contributed by atoms with Gasteiger partial charge in [0.05, 0.1) is 18.1 Å². The Bertz CT molecular complexity index is 1290. The Morgan fingerprint density at radius 2 is 1.60 bits per heavy atom. The van der Waals surface area contributed by atoms with Crippen molar-refractivity contribution in [2.45, 2.75) is 0 Å². The first-order chi connectivity index (χ1) is 14.5. The number of rotatable bonds is 5. The molecule has 0 aliphatic rings. The Balaban J connectivity index is 1.88. The maximum absolute atomic E-state index is 13.2. The number of hydrogen-bond acceptors (Lipinski definition) is 6. The summed E-state index contributed by atoms with van der Waals surface area (Å²) in [6.45, 7) is 0. The van der Waals surface area contributed by atoms with Crippen molar-refractivity contribution in [3.05, 3.63) is 82.5 Å². The lowest BCUT2D eigenvalue weighted by molar-refractivity contribution is 0.0697. The highest BCUT2D eigenvalue weighted by atomic mass is 16.5. The van der Waals surface area contributed by atoms with Gasteiger partial charge in [-0.05, 0) is 60.7 Å². The summed E-state index contributed by atoms with van der Waals surface area (Å²) in [6, 6.07) is 16.7. The lowest BCUT2D eigenvalue weighted by Gasteiger charge is -2.12. The molecular weight excluding hydrogens is 388 g/mol. The largest absolute Gasteiger partial charge is 0.508 e. The highest BCUT2D eigenvalue weighted by Gasteiger charge is 2.19. The van der Waals surface area contributed by atoms with E-state index in [9.17, 15) is 14.7 Å². The number of carbonyl (C=O) groups is 1. The van der Waals surface area contributed by atoms with Gasteiger partial charge in [0.15, 0.2) is 5.76 Å². The number of phenols is 1. The first-order valence-corrected chi connectivity index (χ1v) is 8.92. The molecule has 7 nitrogen and oxygen atoms in total. The Morgan fingerprint density at radius 3 is 2.23 bits per heavy atom. The molecule has 0 spiro atoms. The zero-order valence-electron chi connectivity index (χ0n) is 15.8. The smallest absolute Gasteiger partial charge is 0.335 e. The van der Waals surface area contributed by atoms with Gasteiger partial charge in [-0.1, -0.05) is 0 Å². The summed E-state index contributed by atoms with van der Waals surface area (Å²) >= 11 is 0. The minimum absolute atomic E-state index is 0.0377. The van der Waals surface area contributed by atoms with Crippen LogP contribution in [0, 0.1) is 0 Å². The number of aromatic hydroxyl groups is 1. The van der Waals surface area contributed by atoms with Crippen LogP contribution in [0.3, 0.4) is 0 Å². The molecule has 7 heteroatoms. The molecule has 4 rings (SSSR count). The van der Waals surface area contributed by atoms with Crippen LogP contribution in [-0.4, -0.2) is 23.3 Å². The van der Waals surface area contributed by atoms with Gasteiger partial charge in [-0.2, -0.15) is 0 Å². The number of benzene rings is 3. The van der Waals surface area contributed by atoms with Gasteiger partial charge < -0.3 is 24.1 Å². The fourth-order valence-corrected chi connectivity index (χ4v) is 2.97. The molecule has 150 valence electrons. The third-order valence-electron chi connectivity index (χ3n) is 4.51. The topological polar surface area (TPSA) is 106 Å². The van der Waals surface area contributed by atoms with E-state index in [4.69, 9.17) is 19.0 Å². The van der Waals surface area contributed by atoms with Crippen LogP contribution < -0.4 is 14.9 Å². The van der Waals surface area contributed by atoms with Gasteiger partial charge >= 0.3 is 5.97 Å². The first-order valence-electron chi connectivity index (χ1n) is 8.92. The molecule has 0 aliphatic carbocycles. The second-order valence-corrected chi connectivity index (χ2v) is 6.43. The average Bonchev–Trinajstić information content (AvgIpc) is 2.76. The fraction of sp³-hybridized carbons (Fsp3) is 0.0435. The number of aromatic carboxylic acids is 1. The fourth-order valence-electron chi connectivity index (χ4n) is 2.97. The molecule has 30 heavy (non-hydrogen) atoms. The second kappa shape index (κ2) is 7.63. The number of carboxylic acids is 1. The van der Waals surface area contributed by atoms with Crippen LogP contribution in [0.1, 0.15) is 10.4 Å². The van der Waals surface area contributed by atoms with Crippen molar-refractivity contribution in [3.8, 4) is 34.3 Å². The standard InChI is InChI=1S/C23H16O7/c1-28-16-7-2-13(3-8-16)21-22(29-17-9-4-14(5-10-17)23(26)27)20(25)18-11-6-15(24)12-19(18)30-21/h2-12,24H,1H3,(H,26,27). The lowest BCUT2D eigenvalue weighted by Crippen LogP contribution is -2.07. The zero-order valence-corrected chi connectivity index (χ0v) is 15.8. The van der Waals surface area contributed by atoms with Gasteiger partial charge in [0, 0.05) is 11.6 Å². The predicted molar refractivity (Wildman–Crippen MR) is 110 cm³/mol. The summed E-state index contributed by atoms with van der Waals surface area (Å²) in [7, 11) is 1.54. The van der Waals surface area contributed by atoms with Crippen LogP contribution in [0.25, 0.3) is 22.3 Å². The van der Waals surface area contributed by atoms with E-state index in [2.05, 4.69) is 0 Å². The Kier molecular flexibility index (Phi) is 4.85. The molecule has 4 aromatic rings. The number of phenolic OH excluding ortho intramolecular Hbond substituents is 1. The number of carboxylic acid groups (broad SMARTS) is 1. The van der Waals surface area contributed by atoms with E-state index in [1.807, 2.05) is 0 Å². The first kappa shape index (κ1) is 19.1. The van der Waals surface area contributed by atoms with Crippen LogP contribution in [0.4, 0.5) is 0 Å². The van der Waals surface area contributed by atoms with Gasteiger partial charge in [-0.15, -0.1) is 0 Å². The molecule has 0 bridgehead atoms. The van der Waals surface area contributed by atoms with E-state index in [1.54, 1.807) is 31.4 Å². The Morgan fingerprint density at radius 1 is 0.933 bits per heavy atom. The average molecular weight is 404 g/mol. The molecule has 1 heterocycles. The maximum Gasteiger partial charge on any atom is 0.335 e. The summed E-state index contributed by atoms with van der Waals surface area (Å²) in [6.07, 6.45) is 0. The highest BCUT2D eigenvalue weighted by molar-refractivity contribution is 5.87. The van der Waals surface area contributed by atoms with Crippen LogP contribution in [-0.2, 0) is 0 Å². The molecule has 0 aliphatic heterocycles. The van der Waals surface area contributed by atoms with E-state index in [0.717, 1.165) is 0 Å². The van der Waals surface area contributed by atoms with Crippen molar-refractivity contribution >= 4 is 16.9 Å². The molecule has 0 saturated heterocycles. The van der Waals surface area contributed by atoms with Crippen LogP contribution in [0.15, 0.2) is 75.9 Å². The monoisotopic (exact) mass is 404 g/mol. The Labute approximate surface area is 170 Å². The van der Waals surface area contributed by atoms with E-state index >= 15 is 0 Å². The van der Waals surface area contributed by atoms with Crippen molar-refractivity contribution in [1.29, 1.82) is 0 Å². The molecular formula is C23H16O7. The maximum atomic E-state index is 13.2. The molecule has 0 radical (unpaired) electrons. The van der Waals surface area contributed by atoms with E-state index in [0.29, 0.717) is 11.3 Å². The SMILES string of the molecule is COc1ccc(-c2oc3cc(O)ccc3c(=O)c2Oc2ccc(C(=O)O)cc2)cc1. The second-order valence-electron chi connectivity index (χ2n) is 6.43. The zero-order chi connectivity index (χ0) is 21.3. The third kappa shape index (κ3) is 3.56. The summed E-state index contributed by atoms with van der Waals surface area (Å²) in [5.74, 6) is -0.0781. The van der Waals surface area contributed by atoms with Gasteiger partial charge in [-0.25, -0.2) is 4.79 Å². The number of hydrogen-bond donors (Lipinski definition) is 2. The molecule has 0 saturated carbocycles. The van der Waals surface area contributed by atoms with E-state index < -0.39 is 11.4 Å². The predicted octanol–water partition coefficient (Wildman–Crippen LogP) is 4.66. The Hall–Kier alpha value is -4.26. The third-order valence-corrected chi connectivity index (χ3v) is 4.51. The summed E-state index contributed by atoms with van der Waals surface area (Å²) in [4.78, 5) is 24.2. The van der Waals surface area contributed by atoms with Crippen molar-refractivity contribution < 1.29 is 28.9 Å². The normalized spacial score (nSPS) is 10.7. The highest BCUT2D eigenvalue weighted by Crippen LogP contribution is 2.35. The van der Waals surface area contributed by atoms with E-state index in [1.165, 1.54) is 42.5 Å². The lowest BCUT2D eigenvalue weighted by atomic mass is 10.1. The molecule has 0 atom stereocenters. The van der Waals surface area contributed by atoms with Crippen molar-refractivity contribution in [2.75, 3.05) is 7.11 Å². The van der Waals surface area contributed by atoms with Crippen LogP contribution in [0.2, 0.25) is 0 Å². The summed E-state index contributed by atoms with van der Waals surface area (Å²) < 4.78 is 16.9. The summed E-state index contributed by atoms with van der Waals surface area (Å²) in [5, 5.41) is 19.1. The van der Waals surface area contributed by atoms with Crippen molar-refractivity contribution in [2.24, 2.45) is 0 Å². The molecule has 0 amide bonds. The van der Waals surface area contributed by atoms with Crippen molar-refractivity contribution in [3.63, 3.8) is 0 Å². The number of methoxy groups -OCH3 is 1. The van der Waals surface area contributed by atoms with Gasteiger partial charge in [0.1, 0.15) is 22.8 Å². The van der Waals surface area contributed by atoms with Crippen molar-refractivity contribution in [1.82, 2.24) is 0 Å². The van der Waals surface area contributed by atoms with Gasteiger partial charge in [0.2, 0.25) is 11.2 Å². The minimum Gasteiger partial charge on any atom is -0.508 e. The molecule has 0 fully saturated rings. The molecule has 3 aromatic carbocycles. The van der Waals surface area contributed by atoms with Gasteiger partial charge in [0.25, 0.3) is 0 Å². The molecule has 0 unspecified atom stereocenters. The number of fused-ring (bicyclic) bond motifs is 1. The quantitative estimate of drug-likeness (QED) is 0.498. The minimum atomic E-state index is -1.06. The molecule has 1 aromatic heterocycles. The van der Waals surface area contributed by atoms with Crippen LogP contribution >= 0.6 is 0 Å². The molecule has 2 N–H and O–H groups in total. The van der Waals surface area contributed by atoms with Gasteiger partial charge in [-0.3, -0.25) is 4.79 Å². The number of ether oxygens (including phenoxy) is 2. The van der Waals surface area contributed by atoms with E-state index in [-0.39, 0.29) is 39.5 Å².